The lowest BCUT2D eigenvalue weighted by Crippen LogP contribution is -2.59. The highest BCUT2D eigenvalue weighted by molar-refractivity contribution is 5.97. The maximum atomic E-state index is 14.0. The molecular formula is C36H65N13O9. The van der Waals surface area contributed by atoms with E-state index in [2.05, 4.69) is 36.9 Å². The van der Waals surface area contributed by atoms with E-state index in [0.717, 1.165) is 0 Å². The third-order valence-electron chi connectivity index (χ3n) is 9.17. The van der Waals surface area contributed by atoms with Gasteiger partial charge in [-0.1, -0.05) is 13.8 Å². The third kappa shape index (κ3) is 19.1. The number of hydrogen-bond donors (Lipinski definition) is 11. The van der Waals surface area contributed by atoms with Gasteiger partial charge in [-0.2, -0.15) is 0 Å². The minimum atomic E-state index is -1.42. The Balaban J connectivity index is 3.43. The monoisotopic (exact) mass is 824 g/mol. The van der Waals surface area contributed by atoms with Gasteiger partial charge in [0.2, 0.25) is 53.2 Å². The first-order chi connectivity index (χ1) is 27.1. The second-order valence-corrected chi connectivity index (χ2v) is 14.9. The number of nitrogens with zero attached hydrogens (tertiary/aromatic N) is 2. The number of carbonyl (C=O) groups is 9. The molecule has 1 aliphatic heterocycles. The van der Waals surface area contributed by atoms with Crippen LogP contribution in [0.1, 0.15) is 98.8 Å². The molecule has 0 saturated carbocycles. The van der Waals surface area contributed by atoms with Crippen molar-refractivity contribution in [3.8, 4) is 0 Å². The highest BCUT2D eigenvalue weighted by atomic mass is 16.2. The summed E-state index contributed by atoms with van der Waals surface area (Å²) in [6, 6.07) is -7.89. The van der Waals surface area contributed by atoms with Crippen LogP contribution in [0.25, 0.3) is 0 Å². The van der Waals surface area contributed by atoms with E-state index in [1.807, 2.05) is 0 Å². The summed E-state index contributed by atoms with van der Waals surface area (Å²) in [6.45, 7) is 8.53. The van der Waals surface area contributed by atoms with Crippen molar-refractivity contribution in [3.05, 3.63) is 0 Å². The van der Waals surface area contributed by atoms with Crippen LogP contribution >= 0.6 is 0 Å². The van der Waals surface area contributed by atoms with Crippen LogP contribution < -0.4 is 60.6 Å². The fourth-order valence-electron chi connectivity index (χ4n) is 6.07. The summed E-state index contributed by atoms with van der Waals surface area (Å²) in [5, 5.41) is 15.6. The molecule has 1 rings (SSSR count). The van der Waals surface area contributed by atoms with E-state index in [1.165, 1.54) is 25.7 Å². The van der Waals surface area contributed by atoms with Gasteiger partial charge >= 0.3 is 0 Å². The molecule has 0 aliphatic carbocycles. The number of carbonyl (C=O) groups excluding carboxylic acids is 9. The van der Waals surface area contributed by atoms with Crippen LogP contribution in [0, 0.1) is 5.92 Å². The third-order valence-corrected chi connectivity index (χ3v) is 9.17. The Morgan fingerprint density at radius 1 is 0.707 bits per heavy atom. The number of unbranched alkanes of at least 4 members (excludes halogenated alkanes) is 1. The maximum absolute atomic E-state index is 14.0. The van der Waals surface area contributed by atoms with Crippen molar-refractivity contribution in [1.82, 2.24) is 36.8 Å². The van der Waals surface area contributed by atoms with Gasteiger partial charge in [-0.25, -0.2) is 0 Å². The molecule has 0 aromatic carbocycles. The smallest absolute Gasteiger partial charge is 0.243 e. The number of nitrogens with two attached hydrogens (primary N) is 5. The van der Waals surface area contributed by atoms with Crippen molar-refractivity contribution in [2.45, 2.75) is 141 Å². The molecular weight excluding hydrogens is 758 g/mol. The van der Waals surface area contributed by atoms with Crippen LogP contribution in [0.3, 0.4) is 0 Å². The van der Waals surface area contributed by atoms with Gasteiger partial charge in [0.15, 0.2) is 5.96 Å². The highest BCUT2D eigenvalue weighted by Gasteiger charge is 2.37. The van der Waals surface area contributed by atoms with Crippen LogP contribution in [-0.4, -0.2) is 126 Å². The fourth-order valence-corrected chi connectivity index (χ4v) is 6.07. The molecule has 0 radical (unpaired) electrons. The van der Waals surface area contributed by atoms with Crippen LogP contribution in [0.4, 0.5) is 0 Å². The zero-order valence-corrected chi connectivity index (χ0v) is 34.3. The number of likely N-dealkylation sites (tertiary alicyclic amines) is 1. The summed E-state index contributed by atoms with van der Waals surface area (Å²) in [7, 11) is 0. The Kier molecular flexibility index (Phi) is 22.3. The van der Waals surface area contributed by atoms with E-state index in [-0.39, 0.29) is 69.4 Å². The topological polar surface area (TPSA) is 372 Å². The molecule has 22 heteroatoms. The van der Waals surface area contributed by atoms with Crippen LogP contribution in [0.5, 0.6) is 0 Å². The summed E-state index contributed by atoms with van der Waals surface area (Å²) in [6.07, 6.45) is 1.40. The zero-order valence-electron chi connectivity index (χ0n) is 34.3. The van der Waals surface area contributed by atoms with Gasteiger partial charge in [-0.15, -0.1) is 0 Å². The maximum Gasteiger partial charge on any atom is 0.243 e. The number of rotatable bonds is 26. The molecule has 0 aromatic rings. The molecule has 1 aliphatic rings. The van der Waals surface area contributed by atoms with Crippen molar-refractivity contribution in [2.24, 2.45) is 39.6 Å². The quantitative estimate of drug-likeness (QED) is 0.0226. The van der Waals surface area contributed by atoms with Crippen molar-refractivity contribution in [1.29, 1.82) is 0 Å². The lowest BCUT2D eigenvalue weighted by Gasteiger charge is -2.29. The minimum absolute atomic E-state index is 0.0126. The number of aliphatic imine (C=N–C) groups is 1. The fraction of sp³-hybridized carbons (Fsp3) is 0.722. The molecule has 0 unspecified atom stereocenters. The Labute approximate surface area is 339 Å². The van der Waals surface area contributed by atoms with E-state index < -0.39 is 89.6 Å². The minimum Gasteiger partial charge on any atom is -0.370 e. The molecule has 328 valence electrons. The zero-order chi connectivity index (χ0) is 44.1. The molecule has 58 heavy (non-hydrogen) atoms. The summed E-state index contributed by atoms with van der Waals surface area (Å²) < 4.78 is 0. The van der Waals surface area contributed by atoms with Crippen molar-refractivity contribution >= 4 is 59.1 Å². The summed E-state index contributed by atoms with van der Waals surface area (Å²) in [5.74, 6) is -6.28. The number of hydrogen-bond acceptors (Lipinski definition) is 11. The molecule has 1 saturated heterocycles. The van der Waals surface area contributed by atoms with Crippen LogP contribution in [-0.2, 0) is 43.2 Å². The lowest BCUT2D eigenvalue weighted by atomic mass is 10.0. The van der Waals surface area contributed by atoms with Crippen molar-refractivity contribution in [3.63, 3.8) is 0 Å². The largest absolute Gasteiger partial charge is 0.370 e. The van der Waals surface area contributed by atoms with Gasteiger partial charge in [-0.05, 0) is 77.6 Å². The second-order valence-electron chi connectivity index (χ2n) is 14.9. The summed E-state index contributed by atoms with van der Waals surface area (Å²) in [4.78, 5) is 121. The van der Waals surface area contributed by atoms with Gasteiger partial charge in [0.25, 0.3) is 0 Å². The van der Waals surface area contributed by atoms with Gasteiger partial charge < -0.3 is 65.5 Å². The normalized spacial score (nSPS) is 16.7. The molecule has 9 amide bonds. The van der Waals surface area contributed by atoms with E-state index in [0.29, 0.717) is 32.2 Å². The standard InChI is InChI=1S/C36H65N13O9/c1-19(2)18-26(33(56)44-21(4)29(39)52)48-32(55)25(13-14-28(38)51)46-30(53)23(10-6-7-15-42-22(5)50)45-31(54)24(11-8-16-43-36(40)41)47-34(57)27-12-9-17-49(27)35(58)20(3)37/h19-21,23-27H,6-18,37H2,1-5H3,(H2,38,51)(H2,39,52)(H,42,50)(H,44,56)(H,45,54)(H,46,53)(H,47,57)(H,48,55)(H4,40,41,43)/t20-,21-,23-,24-,25-,26-,27-/m0/s1. The van der Waals surface area contributed by atoms with E-state index in [1.54, 1.807) is 13.8 Å². The SMILES string of the molecule is CC(=O)NCCCC[C@H](NC(=O)[C@H](CCCN=C(N)N)NC(=O)[C@@H]1CCCN1C(=O)[C@H](C)N)C(=O)N[C@@H](CCC(N)=O)C(=O)N[C@@H](CC(C)C)C(=O)N[C@@H](C)C(N)=O. The highest BCUT2D eigenvalue weighted by Crippen LogP contribution is 2.19. The van der Waals surface area contributed by atoms with Crippen LogP contribution in [0.2, 0.25) is 0 Å². The van der Waals surface area contributed by atoms with Crippen LogP contribution in [0.15, 0.2) is 4.99 Å². The predicted molar refractivity (Wildman–Crippen MR) is 213 cm³/mol. The molecule has 0 aromatic heterocycles. The molecule has 0 spiro atoms. The number of amides is 9. The lowest BCUT2D eigenvalue weighted by molar-refractivity contribution is -0.140. The van der Waals surface area contributed by atoms with Crippen molar-refractivity contribution in [2.75, 3.05) is 19.6 Å². The molecule has 16 N–H and O–H groups in total. The molecule has 7 atom stereocenters. The summed E-state index contributed by atoms with van der Waals surface area (Å²) in [5.41, 5.74) is 27.4. The van der Waals surface area contributed by atoms with Gasteiger partial charge in [-0.3, -0.25) is 48.1 Å². The summed E-state index contributed by atoms with van der Waals surface area (Å²) >= 11 is 0. The average molecular weight is 824 g/mol. The predicted octanol–water partition coefficient (Wildman–Crippen LogP) is -4.07. The van der Waals surface area contributed by atoms with Gasteiger partial charge in [0, 0.05) is 33.0 Å². The Morgan fingerprint density at radius 3 is 1.76 bits per heavy atom. The number of guanidine groups is 1. The van der Waals surface area contributed by atoms with E-state index >= 15 is 0 Å². The molecule has 1 fully saturated rings. The molecule has 0 bridgehead atoms. The average Bonchev–Trinajstić information content (AvgIpc) is 3.62. The van der Waals surface area contributed by atoms with E-state index in [4.69, 9.17) is 28.7 Å². The molecule has 1 heterocycles. The second kappa shape index (κ2) is 25.7. The molecule has 22 nitrogen and oxygen atoms in total. The van der Waals surface area contributed by atoms with Crippen molar-refractivity contribution < 1.29 is 43.2 Å². The number of primary amides is 2. The Bertz CT molecular complexity index is 1490. The first-order valence-electron chi connectivity index (χ1n) is 19.6. The Hall–Kier alpha value is -5.54. The van der Waals surface area contributed by atoms with Gasteiger partial charge in [0.05, 0.1) is 6.04 Å². The van der Waals surface area contributed by atoms with E-state index in [9.17, 15) is 43.2 Å². The van der Waals surface area contributed by atoms with Gasteiger partial charge in [0.1, 0.15) is 36.3 Å². The Morgan fingerprint density at radius 2 is 1.24 bits per heavy atom. The first kappa shape index (κ1) is 50.5. The first-order valence-corrected chi connectivity index (χ1v) is 19.6. The number of nitrogens with one attached hydrogen (secondary N) is 6.